The van der Waals surface area contributed by atoms with E-state index in [-0.39, 0.29) is 36.2 Å². The Morgan fingerprint density at radius 3 is 2.74 bits per heavy atom. The quantitative estimate of drug-likeness (QED) is 0.283. The molecule has 0 aliphatic carbocycles. The molecule has 0 saturated carbocycles. The predicted octanol–water partition coefficient (Wildman–Crippen LogP) is 4.71. The first kappa shape index (κ1) is 29.3. The molecule has 4 saturated heterocycles. The van der Waals surface area contributed by atoms with Crippen LogP contribution in [0.3, 0.4) is 0 Å². The Morgan fingerprint density at radius 1 is 1.13 bits per heavy atom. The van der Waals surface area contributed by atoms with Crippen molar-refractivity contribution in [3.63, 3.8) is 0 Å². The van der Waals surface area contributed by atoms with Crippen LogP contribution in [-0.2, 0) is 11.3 Å². The normalized spacial score (nSPS) is 25.8. The highest BCUT2D eigenvalue weighted by atomic mass is 19.1. The number of piperazine rings is 1. The van der Waals surface area contributed by atoms with Crippen molar-refractivity contribution < 1.29 is 23.4 Å². The van der Waals surface area contributed by atoms with Crippen LogP contribution in [0.25, 0.3) is 32.9 Å². The SMILES string of the molecule is C#Cc1cccc2cc(O)cc(-c3nc(COC)c4c(N5CC6CCC(C5)N6)nc(OC[C@@]56CCCN5C[C@H](F)C6)nc4c3F)c12. The van der Waals surface area contributed by atoms with Crippen molar-refractivity contribution >= 4 is 27.5 Å². The van der Waals surface area contributed by atoms with Crippen molar-refractivity contribution in [3.8, 4) is 35.4 Å². The molecule has 2 bridgehead atoms. The van der Waals surface area contributed by atoms with Gasteiger partial charge in [-0.3, -0.25) is 4.90 Å². The zero-order chi connectivity index (χ0) is 31.6. The minimum absolute atomic E-state index is 0.00393. The molecule has 4 aromatic rings. The molecule has 238 valence electrons. The topological polar surface area (TPSA) is 95.9 Å². The summed E-state index contributed by atoms with van der Waals surface area (Å²) in [6, 6.07) is 9.09. The number of halogens is 2. The van der Waals surface area contributed by atoms with E-state index in [4.69, 9.17) is 25.9 Å². The number of hydrogen-bond acceptors (Lipinski definition) is 9. The highest BCUT2D eigenvalue weighted by molar-refractivity contribution is 6.03. The van der Waals surface area contributed by atoms with E-state index in [0.717, 1.165) is 32.2 Å². The van der Waals surface area contributed by atoms with Gasteiger partial charge in [-0.15, -0.1) is 6.42 Å². The number of anilines is 1. The summed E-state index contributed by atoms with van der Waals surface area (Å²) in [7, 11) is 1.56. The lowest BCUT2D eigenvalue weighted by molar-refractivity contribution is 0.107. The summed E-state index contributed by atoms with van der Waals surface area (Å²) in [5.41, 5.74) is 0.996. The van der Waals surface area contributed by atoms with Gasteiger partial charge in [-0.1, -0.05) is 18.1 Å². The predicted molar refractivity (Wildman–Crippen MR) is 171 cm³/mol. The highest BCUT2D eigenvalue weighted by Gasteiger charge is 2.49. The van der Waals surface area contributed by atoms with Crippen LogP contribution in [0.1, 0.15) is 43.4 Å². The molecular weight excluding hydrogens is 590 g/mol. The van der Waals surface area contributed by atoms with E-state index in [1.807, 2.05) is 6.07 Å². The third kappa shape index (κ3) is 4.82. The van der Waals surface area contributed by atoms with E-state index in [2.05, 4.69) is 26.0 Å². The lowest BCUT2D eigenvalue weighted by Crippen LogP contribution is -2.51. The third-order valence-corrected chi connectivity index (χ3v) is 10.2. The van der Waals surface area contributed by atoms with E-state index >= 15 is 4.39 Å². The fourth-order valence-corrected chi connectivity index (χ4v) is 8.26. The van der Waals surface area contributed by atoms with Crippen LogP contribution in [0.4, 0.5) is 14.6 Å². The number of nitrogens with zero attached hydrogens (tertiary/aromatic N) is 5. The van der Waals surface area contributed by atoms with Crippen LogP contribution in [0.15, 0.2) is 30.3 Å². The van der Waals surface area contributed by atoms with E-state index in [1.165, 1.54) is 6.07 Å². The van der Waals surface area contributed by atoms with Crippen LogP contribution >= 0.6 is 0 Å². The second kappa shape index (κ2) is 11.3. The molecule has 0 radical (unpaired) electrons. The number of terminal acetylenes is 1. The number of nitrogens with one attached hydrogen (secondary N) is 1. The van der Waals surface area contributed by atoms with Gasteiger partial charge in [0.1, 0.15) is 35.6 Å². The Morgan fingerprint density at radius 2 is 1.96 bits per heavy atom. The highest BCUT2D eigenvalue weighted by Crippen LogP contribution is 2.42. The maximum Gasteiger partial charge on any atom is 0.319 e. The molecule has 0 amide bonds. The molecule has 4 fully saturated rings. The van der Waals surface area contributed by atoms with Gasteiger partial charge in [0.05, 0.1) is 23.2 Å². The first-order valence-electron chi connectivity index (χ1n) is 16.0. The average molecular weight is 627 g/mol. The molecule has 2 aromatic carbocycles. The number of fused-ring (bicyclic) bond motifs is 5. The summed E-state index contributed by atoms with van der Waals surface area (Å²) in [5, 5.41) is 16.0. The van der Waals surface area contributed by atoms with Crippen LogP contribution in [0.5, 0.6) is 11.8 Å². The van der Waals surface area contributed by atoms with E-state index in [0.29, 0.717) is 76.9 Å². The van der Waals surface area contributed by atoms with Gasteiger partial charge >= 0.3 is 6.01 Å². The first-order valence-corrected chi connectivity index (χ1v) is 16.0. The summed E-state index contributed by atoms with van der Waals surface area (Å²) < 4.78 is 43.6. The van der Waals surface area contributed by atoms with Gasteiger partial charge in [0.2, 0.25) is 0 Å². The molecular formula is C35H36F2N6O3. The summed E-state index contributed by atoms with van der Waals surface area (Å²) in [6.07, 6.45) is 9.28. The average Bonchev–Trinajstić information content (AvgIpc) is 3.70. The lowest BCUT2D eigenvalue weighted by Gasteiger charge is -2.35. The number of pyridine rings is 1. The van der Waals surface area contributed by atoms with Crippen LogP contribution in [-0.4, -0.2) is 88.6 Å². The molecule has 4 aliphatic rings. The molecule has 4 atom stereocenters. The number of benzene rings is 2. The summed E-state index contributed by atoms with van der Waals surface area (Å²) in [4.78, 5) is 18.8. The molecule has 6 heterocycles. The number of aromatic hydroxyl groups is 1. The Balaban J connectivity index is 1.32. The fourth-order valence-electron chi connectivity index (χ4n) is 8.26. The number of aromatic nitrogens is 3. The third-order valence-electron chi connectivity index (χ3n) is 10.2. The number of methoxy groups -OCH3 is 1. The number of rotatable bonds is 7. The minimum Gasteiger partial charge on any atom is -0.508 e. The Bertz CT molecular complexity index is 1890. The second-order valence-electron chi connectivity index (χ2n) is 13.2. The smallest absolute Gasteiger partial charge is 0.319 e. The standard InChI is InChI=1S/C35H36F2N6O3/c1-3-20-6-4-7-21-12-25(44)13-26(28(20)21)31-30(37)32-29(27(39-31)18-45-2)33(42-16-23-8-9-24(17-42)38-23)41-34(40-32)46-19-35-10-5-11-43(35)15-22(36)14-35/h1,4,6-7,12-13,22-24,38,44H,5,8-11,14-19H2,2H3/t22-,23?,24?,35+/m1/s1. The molecule has 2 N–H and O–H groups in total. The summed E-state index contributed by atoms with van der Waals surface area (Å²) >= 11 is 0. The van der Waals surface area contributed by atoms with Gasteiger partial charge in [0.25, 0.3) is 0 Å². The van der Waals surface area contributed by atoms with Crippen LogP contribution in [0.2, 0.25) is 0 Å². The minimum atomic E-state index is -0.902. The van der Waals surface area contributed by atoms with Crippen molar-refractivity contribution in [2.75, 3.05) is 44.8 Å². The summed E-state index contributed by atoms with van der Waals surface area (Å²) in [5.74, 6) is 2.52. The molecule has 11 heteroatoms. The molecule has 0 spiro atoms. The molecule has 8 rings (SSSR count). The van der Waals surface area contributed by atoms with E-state index in [1.54, 1.807) is 25.3 Å². The molecule has 2 aromatic heterocycles. The molecule has 2 unspecified atom stereocenters. The lowest BCUT2D eigenvalue weighted by atomic mass is 9.95. The maximum atomic E-state index is 17.1. The first-order chi connectivity index (χ1) is 22.4. The monoisotopic (exact) mass is 626 g/mol. The zero-order valence-electron chi connectivity index (χ0n) is 25.7. The number of ether oxygens (including phenoxy) is 2. The van der Waals surface area contributed by atoms with Gasteiger partial charge in [-0.05, 0) is 55.8 Å². The van der Waals surface area contributed by atoms with Crippen LogP contribution < -0.4 is 15.0 Å². The zero-order valence-corrected chi connectivity index (χ0v) is 25.7. The van der Waals surface area contributed by atoms with Gasteiger partial charge < -0.3 is 24.8 Å². The van der Waals surface area contributed by atoms with E-state index in [9.17, 15) is 9.50 Å². The molecule has 46 heavy (non-hydrogen) atoms. The fraction of sp³-hybridized carbons (Fsp3) is 0.457. The molecule has 4 aliphatic heterocycles. The Labute approximate surface area is 265 Å². The second-order valence-corrected chi connectivity index (χ2v) is 13.2. The Kier molecular flexibility index (Phi) is 7.20. The van der Waals surface area contributed by atoms with Crippen molar-refractivity contribution in [3.05, 3.63) is 47.4 Å². The van der Waals surface area contributed by atoms with Crippen LogP contribution in [0, 0.1) is 18.2 Å². The van der Waals surface area contributed by atoms with Gasteiger partial charge in [-0.25, -0.2) is 13.8 Å². The number of hydrogen-bond donors (Lipinski definition) is 2. The van der Waals surface area contributed by atoms with Crippen molar-refractivity contribution in [1.29, 1.82) is 0 Å². The molecule has 9 nitrogen and oxygen atoms in total. The number of phenolic OH excluding ortho intramolecular Hbond substituents is 1. The largest absolute Gasteiger partial charge is 0.508 e. The number of alkyl halides is 1. The van der Waals surface area contributed by atoms with Gasteiger partial charge in [-0.2, -0.15) is 9.97 Å². The summed E-state index contributed by atoms with van der Waals surface area (Å²) in [6.45, 7) is 2.92. The van der Waals surface area contributed by atoms with Gasteiger partial charge in [0.15, 0.2) is 5.82 Å². The van der Waals surface area contributed by atoms with Gasteiger partial charge in [0, 0.05) is 61.8 Å². The number of phenols is 1. The van der Waals surface area contributed by atoms with Crippen molar-refractivity contribution in [2.45, 2.75) is 62.5 Å². The Hall–Kier alpha value is -4.11. The maximum absolute atomic E-state index is 17.1. The van der Waals surface area contributed by atoms with E-state index < -0.39 is 17.5 Å². The van der Waals surface area contributed by atoms with Crippen molar-refractivity contribution in [2.24, 2.45) is 0 Å². The van der Waals surface area contributed by atoms with Crippen molar-refractivity contribution in [1.82, 2.24) is 25.2 Å².